The summed E-state index contributed by atoms with van der Waals surface area (Å²) in [4.78, 5) is 25.3. The maximum Gasteiger partial charge on any atom is 0.288 e. The van der Waals surface area contributed by atoms with Gasteiger partial charge in [0.15, 0.2) is 0 Å². The van der Waals surface area contributed by atoms with E-state index in [1.165, 1.54) is 19.3 Å². The first kappa shape index (κ1) is 19.1. The molecule has 3 rings (SSSR count). The molecule has 0 bridgehead atoms. The van der Waals surface area contributed by atoms with Crippen LogP contribution in [0.5, 0.6) is 0 Å². The van der Waals surface area contributed by atoms with Crippen molar-refractivity contribution in [3.63, 3.8) is 0 Å². The van der Waals surface area contributed by atoms with E-state index in [0.717, 1.165) is 44.3 Å². The standard InChI is InChI=1S/C19H26ClN3O3/c20-17-7-6-14(12-18(17)23(25)26)13-22-10-8-15(9-11-22)19(24)21-16-4-2-1-3-5-16/h6-7,12,15-16H,1-5,8-11,13H2,(H,21,24). The fourth-order valence-electron chi connectivity index (χ4n) is 3.97. The lowest BCUT2D eigenvalue weighted by Crippen LogP contribution is -2.44. The molecule has 1 saturated carbocycles. The third kappa shape index (κ3) is 4.95. The molecule has 6 nitrogen and oxygen atoms in total. The molecule has 0 unspecified atom stereocenters. The maximum absolute atomic E-state index is 12.5. The van der Waals surface area contributed by atoms with E-state index < -0.39 is 4.92 Å². The number of nitrogens with zero attached hydrogens (tertiary/aromatic N) is 2. The van der Waals surface area contributed by atoms with Crippen LogP contribution in [-0.2, 0) is 11.3 Å². The lowest BCUT2D eigenvalue weighted by molar-refractivity contribution is -0.384. The Morgan fingerprint density at radius 3 is 2.54 bits per heavy atom. The van der Waals surface area contributed by atoms with Gasteiger partial charge in [-0.1, -0.05) is 36.9 Å². The Morgan fingerprint density at radius 2 is 1.88 bits per heavy atom. The first-order chi connectivity index (χ1) is 12.5. The number of halogens is 1. The van der Waals surface area contributed by atoms with Crippen molar-refractivity contribution in [1.82, 2.24) is 10.2 Å². The van der Waals surface area contributed by atoms with Crippen molar-refractivity contribution in [2.75, 3.05) is 13.1 Å². The molecule has 26 heavy (non-hydrogen) atoms. The third-order valence-corrected chi connectivity index (χ3v) is 5.84. The zero-order chi connectivity index (χ0) is 18.5. The van der Waals surface area contributed by atoms with Gasteiger partial charge in [0, 0.05) is 24.6 Å². The van der Waals surface area contributed by atoms with Gasteiger partial charge in [0.25, 0.3) is 5.69 Å². The SMILES string of the molecule is O=C(NC1CCCCC1)C1CCN(Cc2ccc(Cl)c([N+](=O)[O-])c2)CC1. The van der Waals surface area contributed by atoms with E-state index in [-0.39, 0.29) is 22.5 Å². The van der Waals surface area contributed by atoms with Gasteiger partial charge in [0.2, 0.25) is 5.91 Å². The van der Waals surface area contributed by atoms with Crippen molar-refractivity contribution >= 4 is 23.2 Å². The molecule has 1 aliphatic carbocycles. The highest BCUT2D eigenvalue weighted by molar-refractivity contribution is 6.32. The number of benzene rings is 1. The molecule has 7 heteroatoms. The maximum atomic E-state index is 12.5. The minimum Gasteiger partial charge on any atom is -0.353 e. The number of amides is 1. The van der Waals surface area contributed by atoms with Crippen molar-refractivity contribution in [3.05, 3.63) is 38.9 Å². The van der Waals surface area contributed by atoms with Crippen LogP contribution in [0.1, 0.15) is 50.5 Å². The molecule has 1 amide bonds. The first-order valence-electron chi connectivity index (χ1n) is 9.48. The number of hydrogen-bond acceptors (Lipinski definition) is 4. The van der Waals surface area contributed by atoms with Crippen molar-refractivity contribution in [1.29, 1.82) is 0 Å². The lowest BCUT2D eigenvalue weighted by Gasteiger charge is -2.32. The summed E-state index contributed by atoms with van der Waals surface area (Å²) in [6.45, 7) is 2.31. The van der Waals surface area contributed by atoms with Gasteiger partial charge in [-0.3, -0.25) is 19.8 Å². The summed E-state index contributed by atoms with van der Waals surface area (Å²) in [6.07, 6.45) is 7.63. The molecular formula is C19H26ClN3O3. The molecule has 1 saturated heterocycles. The zero-order valence-electron chi connectivity index (χ0n) is 15.0. The molecule has 1 heterocycles. The van der Waals surface area contributed by atoms with E-state index in [1.807, 2.05) is 6.07 Å². The summed E-state index contributed by atoms with van der Waals surface area (Å²) >= 11 is 5.87. The second-order valence-corrected chi connectivity index (χ2v) is 7.84. The van der Waals surface area contributed by atoms with Crippen LogP contribution in [-0.4, -0.2) is 34.9 Å². The van der Waals surface area contributed by atoms with Gasteiger partial charge < -0.3 is 5.32 Å². The van der Waals surface area contributed by atoms with E-state index in [0.29, 0.717) is 12.6 Å². The van der Waals surface area contributed by atoms with E-state index in [9.17, 15) is 14.9 Å². The van der Waals surface area contributed by atoms with Crippen LogP contribution >= 0.6 is 11.6 Å². The van der Waals surface area contributed by atoms with E-state index in [2.05, 4.69) is 10.2 Å². The van der Waals surface area contributed by atoms with Gasteiger partial charge >= 0.3 is 0 Å². The van der Waals surface area contributed by atoms with Crippen molar-refractivity contribution in [2.24, 2.45) is 5.92 Å². The first-order valence-corrected chi connectivity index (χ1v) is 9.86. The topological polar surface area (TPSA) is 75.5 Å². The summed E-state index contributed by atoms with van der Waals surface area (Å²) in [5.74, 6) is 0.298. The van der Waals surface area contributed by atoms with Gasteiger partial charge in [0.05, 0.1) is 4.92 Å². The number of carbonyl (C=O) groups excluding carboxylic acids is 1. The van der Waals surface area contributed by atoms with Crippen LogP contribution in [0.3, 0.4) is 0 Å². The van der Waals surface area contributed by atoms with Crippen molar-refractivity contribution < 1.29 is 9.72 Å². The molecule has 1 N–H and O–H groups in total. The van der Waals surface area contributed by atoms with Crippen molar-refractivity contribution in [2.45, 2.75) is 57.5 Å². The fourth-order valence-corrected chi connectivity index (χ4v) is 4.16. The Bertz CT molecular complexity index is 653. The summed E-state index contributed by atoms with van der Waals surface area (Å²) in [5.41, 5.74) is 0.831. The Kier molecular flexibility index (Phi) is 6.48. The molecule has 2 fully saturated rings. The Balaban J connectivity index is 1.48. The molecule has 2 aliphatic rings. The number of likely N-dealkylation sites (tertiary alicyclic amines) is 1. The summed E-state index contributed by atoms with van der Waals surface area (Å²) < 4.78 is 0. The Labute approximate surface area is 159 Å². The smallest absolute Gasteiger partial charge is 0.288 e. The summed E-state index contributed by atoms with van der Waals surface area (Å²) in [6, 6.07) is 5.32. The Hall–Kier alpha value is -1.66. The fraction of sp³-hybridized carbons (Fsp3) is 0.632. The van der Waals surface area contributed by atoms with Gasteiger partial charge in [-0.2, -0.15) is 0 Å². The number of nitrogens with one attached hydrogen (secondary N) is 1. The van der Waals surface area contributed by atoms with Crippen LogP contribution in [0.15, 0.2) is 18.2 Å². The van der Waals surface area contributed by atoms with E-state index in [4.69, 9.17) is 11.6 Å². The second-order valence-electron chi connectivity index (χ2n) is 7.44. The third-order valence-electron chi connectivity index (χ3n) is 5.52. The second kappa shape index (κ2) is 8.82. The average molecular weight is 380 g/mol. The van der Waals surface area contributed by atoms with Gasteiger partial charge in [-0.25, -0.2) is 0 Å². The zero-order valence-corrected chi connectivity index (χ0v) is 15.7. The van der Waals surface area contributed by atoms with Crippen LogP contribution in [0.2, 0.25) is 5.02 Å². The molecule has 0 radical (unpaired) electrons. The molecule has 1 aliphatic heterocycles. The highest BCUT2D eigenvalue weighted by atomic mass is 35.5. The summed E-state index contributed by atoms with van der Waals surface area (Å²) in [5, 5.41) is 14.4. The average Bonchev–Trinajstić information content (AvgIpc) is 2.64. The van der Waals surface area contributed by atoms with E-state index in [1.54, 1.807) is 12.1 Å². The van der Waals surface area contributed by atoms with Gasteiger partial charge in [-0.15, -0.1) is 0 Å². The monoisotopic (exact) mass is 379 g/mol. The molecule has 142 valence electrons. The van der Waals surface area contributed by atoms with Crippen LogP contribution < -0.4 is 5.32 Å². The number of piperidine rings is 1. The number of nitro benzene ring substituents is 1. The number of rotatable bonds is 5. The molecule has 0 atom stereocenters. The highest BCUT2D eigenvalue weighted by Crippen LogP contribution is 2.27. The number of nitro groups is 1. The molecular weight excluding hydrogens is 354 g/mol. The molecule has 1 aromatic rings. The predicted octanol–water partition coefficient (Wildman–Crippen LogP) is 3.91. The van der Waals surface area contributed by atoms with Crippen LogP contribution in [0, 0.1) is 16.0 Å². The minimum atomic E-state index is -0.451. The van der Waals surface area contributed by atoms with Gasteiger partial charge in [0.1, 0.15) is 5.02 Å². The quantitative estimate of drug-likeness (QED) is 0.621. The molecule has 1 aromatic carbocycles. The molecule has 0 spiro atoms. The van der Waals surface area contributed by atoms with Gasteiger partial charge in [-0.05, 0) is 50.4 Å². The molecule has 0 aromatic heterocycles. The predicted molar refractivity (Wildman–Crippen MR) is 101 cm³/mol. The number of carbonyl (C=O) groups is 1. The number of hydrogen-bond donors (Lipinski definition) is 1. The largest absolute Gasteiger partial charge is 0.353 e. The highest BCUT2D eigenvalue weighted by Gasteiger charge is 2.27. The van der Waals surface area contributed by atoms with E-state index >= 15 is 0 Å². The lowest BCUT2D eigenvalue weighted by atomic mass is 9.92. The Morgan fingerprint density at radius 1 is 1.19 bits per heavy atom. The van der Waals surface area contributed by atoms with Crippen molar-refractivity contribution in [3.8, 4) is 0 Å². The van der Waals surface area contributed by atoms with Crippen LogP contribution in [0.4, 0.5) is 5.69 Å². The van der Waals surface area contributed by atoms with Crippen LogP contribution in [0.25, 0.3) is 0 Å². The minimum absolute atomic E-state index is 0.0501. The summed E-state index contributed by atoms with van der Waals surface area (Å²) in [7, 11) is 0. The normalized spacial score (nSPS) is 20.0.